The van der Waals surface area contributed by atoms with Crippen molar-refractivity contribution in [3.05, 3.63) is 60.7 Å². The lowest BCUT2D eigenvalue weighted by molar-refractivity contribution is 1.35. The van der Waals surface area contributed by atoms with Crippen molar-refractivity contribution in [2.75, 3.05) is 5.73 Å². The second-order valence-electron chi connectivity index (χ2n) is 4.85. The highest BCUT2D eigenvalue weighted by Gasteiger charge is 2.09. The van der Waals surface area contributed by atoms with E-state index < -0.39 is 0 Å². The number of aromatic amines is 1. The topological polar surface area (TPSA) is 54.7 Å². The number of imidazole rings is 1. The van der Waals surface area contributed by atoms with Gasteiger partial charge in [0.1, 0.15) is 5.82 Å². The molecule has 4 rings (SSSR count). The van der Waals surface area contributed by atoms with Crippen molar-refractivity contribution in [3.8, 4) is 11.4 Å². The van der Waals surface area contributed by atoms with Crippen LogP contribution in [0.1, 0.15) is 0 Å². The van der Waals surface area contributed by atoms with Crippen molar-refractivity contribution < 1.29 is 0 Å². The van der Waals surface area contributed by atoms with Crippen LogP contribution >= 0.6 is 0 Å². The summed E-state index contributed by atoms with van der Waals surface area (Å²) in [5.74, 6) is 0.877. The molecule has 0 aliphatic rings. The Hall–Kier alpha value is -2.81. The molecule has 0 saturated carbocycles. The van der Waals surface area contributed by atoms with E-state index in [-0.39, 0.29) is 0 Å². The van der Waals surface area contributed by atoms with E-state index >= 15 is 0 Å². The van der Waals surface area contributed by atoms with Crippen LogP contribution in [0.25, 0.3) is 33.2 Å². The average molecular weight is 259 g/mol. The zero-order valence-corrected chi connectivity index (χ0v) is 10.8. The molecule has 0 saturated heterocycles. The SMILES string of the molecule is Nc1cccc2c(-c3nc4ccccc4[nH]3)cccc12. The maximum absolute atomic E-state index is 6.05. The van der Waals surface area contributed by atoms with E-state index in [1.807, 2.05) is 48.5 Å². The number of nitrogens with one attached hydrogen (secondary N) is 1. The van der Waals surface area contributed by atoms with Crippen molar-refractivity contribution >= 4 is 27.5 Å². The van der Waals surface area contributed by atoms with Crippen molar-refractivity contribution in [2.24, 2.45) is 0 Å². The Morgan fingerprint density at radius 3 is 2.50 bits per heavy atom. The smallest absolute Gasteiger partial charge is 0.139 e. The van der Waals surface area contributed by atoms with Gasteiger partial charge in [-0.25, -0.2) is 4.98 Å². The van der Waals surface area contributed by atoms with Crippen molar-refractivity contribution in [3.63, 3.8) is 0 Å². The van der Waals surface area contributed by atoms with E-state index in [9.17, 15) is 0 Å². The van der Waals surface area contributed by atoms with Gasteiger partial charge in [-0.05, 0) is 23.6 Å². The van der Waals surface area contributed by atoms with Crippen LogP contribution in [0.4, 0.5) is 5.69 Å². The summed E-state index contributed by atoms with van der Waals surface area (Å²) in [6, 6.07) is 20.1. The minimum absolute atomic E-state index is 0.792. The average Bonchev–Trinajstić information content (AvgIpc) is 2.91. The largest absolute Gasteiger partial charge is 0.398 e. The standard InChI is InChI=1S/C17H13N3/c18-14-8-4-5-11-12(14)6-3-7-13(11)17-19-15-9-1-2-10-16(15)20-17/h1-10H,18H2,(H,19,20). The number of para-hydroxylation sites is 2. The number of aromatic nitrogens is 2. The Balaban J connectivity index is 2.04. The number of rotatable bonds is 1. The summed E-state index contributed by atoms with van der Waals surface area (Å²) in [6.45, 7) is 0. The molecule has 0 unspecified atom stereocenters. The third-order valence-electron chi connectivity index (χ3n) is 3.60. The zero-order valence-electron chi connectivity index (χ0n) is 10.8. The quantitative estimate of drug-likeness (QED) is 0.508. The number of hydrogen-bond donors (Lipinski definition) is 2. The van der Waals surface area contributed by atoms with Gasteiger partial charge in [0, 0.05) is 16.6 Å². The number of nitrogen functional groups attached to an aromatic ring is 1. The van der Waals surface area contributed by atoms with Crippen LogP contribution in [-0.4, -0.2) is 9.97 Å². The van der Waals surface area contributed by atoms with Crippen LogP contribution in [0.5, 0.6) is 0 Å². The minimum atomic E-state index is 0.792. The maximum atomic E-state index is 6.05. The number of anilines is 1. The molecular weight excluding hydrogens is 246 g/mol. The first-order valence-electron chi connectivity index (χ1n) is 6.55. The summed E-state index contributed by atoms with van der Waals surface area (Å²) in [6.07, 6.45) is 0. The number of fused-ring (bicyclic) bond motifs is 2. The number of benzene rings is 3. The summed E-state index contributed by atoms with van der Waals surface area (Å²) >= 11 is 0. The summed E-state index contributed by atoms with van der Waals surface area (Å²) < 4.78 is 0. The summed E-state index contributed by atoms with van der Waals surface area (Å²) in [5, 5.41) is 2.18. The van der Waals surface area contributed by atoms with E-state index in [1.54, 1.807) is 0 Å². The van der Waals surface area contributed by atoms with Crippen LogP contribution in [0.2, 0.25) is 0 Å². The molecule has 0 amide bonds. The molecule has 3 heteroatoms. The van der Waals surface area contributed by atoms with Gasteiger partial charge in [-0.15, -0.1) is 0 Å². The fraction of sp³-hybridized carbons (Fsp3) is 0. The minimum Gasteiger partial charge on any atom is -0.398 e. The number of hydrogen-bond acceptors (Lipinski definition) is 2. The highest BCUT2D eigenvalue weighted by molar-refractivity contribution is 6.02. The van der Waals surface area contributed by atoms with Gasteiger partial charge >= 0.3 is 0 Å². The third-order valence-corrected chi connectivity index (χ3v) is 3.60. The van der Waals surface area contributed by atoms with Crippen molar-refractivity contribution in [2.45, 2.75) is 0 Å². The van der Waals surface area contributed by atoms with Crippen molar-refractivity contribution in [1.82, 2.24) is 9.97 Å². The van der Waals surface area contributed by atoms with E-state index in [0.29, 0.717) is 0 Å². The lowest BCUT2D eigenvalue weighted by Crippen LogP contribution is -1.89. The fourth-order valence-electron chi connectivity index (χ4n) is 2.62. The zero-order chi connectivity index (χ0) is 13.5. The molecule has 0 bridgehead atoms. The molecule has 4 aromatic rings. The van der Waals surface area contributed by atoms with E-state index in [1.165, 1.54) is 0 Å². The summed E-state index contributed by atoms with van der Waals surface area (Å²) in [4.78, 5) is 8.04. The predicted molar refractivity (Wildman–Crippen MR) is 83.4 cm³/mol. The molecular formula is C17H13N3. The molecule has 1 heterocycles. The van der Waals surface area contributed by atoms with Gasteiger partial charge in [-0.1, -0.05) is 42.5 Å². The molecule has 3 nitrogen and oxygen atoms in total. The van der Waals surface area contributed by atoms with E-state index in [0.717, 1.165) is 38.9 Å². The second kappa shape index (κ2) is 4.10. The first kappa shape index (κ1) is 11.1. The second-order valence-corrected chi connectivity index (χ2v) is 4.85. The molecule has 20 heavy (non-hydrogen) atoms. The Bertz CT molecular complexity index is 889. The van der Waals surface area contributed by atoms with Crippen LogP contribution < -0.4 is 5.73 Å². The third kappa shape index (κ3) is 1.57. The Kier molecular flexibility index (Phi) is 2.27. The molecule has 0 spiro atoms. The van der Waals surface area contributed by atoms with E-state index in [2.05, 4.69) is 22.1 Å². The fourth-order valence-corrected chi connectivity index (χ4v) is 2.62. The Morgan fingerprint density at radius 1 is 0.800 bits per heavy atom. The number of nitrogens with two attached hydrogens (primary N) is 1. The summed E-state index contributed by atoms with van der Waals surface area (Å²) in [7, 11) is 0. The number of H-pyrrole nitrogens is 1. The van der Waals surface area contributed by atoms with Crippen LogP contribution in [-0.2, 0) is 0 Å². The Morgan fingerprint density at radius 2 is 1.60 bits per heavy atom. The molecule has 0 aliphatic heterocycles. The molecule has 3 aromatic carbocycles. The van der Waals surface area contributed by atoms with Gasteiger partial charge in [0.25, 0.3) is 0 Å². The lowest BCUT2D eigenvalue weighted by atomic mass is 10.0. The monoisotopic (exact) mass is 259 g/mol. The van der Waals surface area contributed by atoms with Gasteiger partial charge < -0.3 is 10.7 Å². The molecule has 96 valence electrons. The van der Waals surface area contributed by atoms with Gasteiger partial charge in [0.05, 0.1) is 11.0 Å². The molecule has 0 fully saturated rings. The van der Waals surface area contributed by atoms with Crippen LogP contribution in [0.15, 0.2) is 60.7 Å². The number of nitrogens with zero attached hydrogens (tertiary/aromatic N) is 1. The van der Waals surface area contributed by atoms with E-state index in [4.69, 9.17) is 5.73 Å². The molecule has 0 atom stereocenters. The normalized spacial score (nSPS) is 11.2. The van der Waals surface area contributed by atoms with Gasteiger partial charge in [0.15, 0.2) is 0 Å². The van der Waals surface area contributed by atoms with Gasteiger partial charge in [-0.2, -0.15) is 0 Å². The van der Waals surface area contributed by atoms with Gasteiger partial charge in [-0.3, -0.25) is 0 Å². The lowest BCUT2D eigenvalue weighted by Gasteiger charge is -2.05. The maximum Gasteiger partial charge on any atom is 0.139 e. The molecule has 0 radical (unpaired) electrons. The van der Waals surface area contributed by atoms with Crippen molar-refractivity contribution in [1.29, 1.82) is 0 Å². The molecule has 0 aliphatic carbocycles. The predicted octanol–water partition coefficient (Wildman–Crippen LogP) is 3.97. The first-order chi connectivity index (χ1) is 9.83. The van der Waals surface area contributed by atoms with Crippen LogP contribution in [0.3, 0.4) is 0 Å². The van der Waals surface area contributed by atoms with Crippen LogP contribution in [0, 0.1) is 0 Å². The molecule has 3 N–H and O–H groups in total. The molecule has 1 aromatic heterocycles. The highest BCUT2D eigenvalue weighted by atomic mass is 14.9. The Labute approximate surface area is 116 Å². The first-order valence-corrected chi connectivity index (χ1v) is 6.55. The highest BCUT2D eigenvalue weighted by Crippen LogP contribution is 2.30. The summed E-state index contributed by atoms with van der Waals surface area (Å²) in [5.41, 5.74) is 9.93. The van der Waals surface area contributed by atoms with Gasteiger partial charge in [0.2, 0.25) is 0 Å².